The number of nitriles is 1. The number of halogens is 2. The Kier molecular flexibility index (Phi) is 7.67. The van der Waals surface area contributed by atoms with E-state index in [2.05, 4.69) is 5.32 Å². The normalized spacial score (nSPS) is 11.6. The summed E-state index contributed by atoms with van der Waals surface area (Å²) in [6.45, 7) is 0. The van der Waals surface area contributed by atoms with Gasteiger partial charge in [-0.05, 0) is 48.0 Å². The molecule has 192 valence electrons. The number of carbonyl (C=O) groups excluding carboxylic acids is 2. The van der Waals surface area contributed by atoms with Crippen LogP contribution in [0.4, 0.5) is 0 Å². The molecule has 0 radical (unpaired) electrons. The average Bonchev–Trinajstić information content (AvgIpc) is 2.91. The van der Waals surface area contributed by atoms with Gasteiger partial charge in [0.15, 0.2) is 0 Å². The van der Waals surface area contributed by atoms with Crippen LogP contribution in [0.15, 0.2) is 70.3 Å². The molecular formula is C27H20Cl2N4O5. The number of nitrogens with zero attached hydrogens (tertiary/aromatic N) is 3. The zero-order valence-electron chi connectivity index (χ0n) is 20.2. The molecule has 1 atom stereocenters. The number of aryl methyl sites for hydroxylation is 1. The Morgan fingerprint density at radius 3 is 2.32 bits per heavy atom. The largest absolute Gasteiger partial charge is 0.467 e. The van der Waals surface area contributed by atoms with Crippen molar-refractivity contribution in [3.05, 3.63) is 108 Å². The Labute approximate surface area is 226 Å². The van der Waals surface area contributed by atoms with E-state index in [0.717, 1.165) is 4.57 Å². The molecule has 0 saturated carbocycles. The quantitative estimate of drug-likeness (QED) is 0.367. The van der Waals surface area contributed by atoms with Crippen molar-refractivity contribution in [1.82, 2.24) is 14.5 Å². The van der Waals surface area contributed by atoms with E-state index >= 15 is 0 Å². The molecule has 0 spiro atoms. The van der Waals surface area contributed by atoms with Crippen molar-refractivity contribution in [2.75, 3.05) is 7.11 Å². The second-order valence-electron chi connectivity index (χ2n) is 8.34. The zero-order chi connectivity index (χ0) is 27.6. The molecule has 1 heterocycles. The van der Waals surface area contributed by atoms with Gasteiger partial charge in [0.25, 0.3) is 11.5 Å². The molecule has 3 aromatic carbocycles. The summed E-state index contributed by atoms with van der Waals surface area (Å²) in [4.78, 5) is 51.4. The molecule has 0 bridgehead atoms. The molecule has 0 aliphatic carbocycles. The van der Waals surface area contributed by atoms with Crippen molar-refractivity contribution in [3.8, 4) is 11.8 Å². The molecule has 4 aromatic rings. The second kappa shape index (κ2) is 10.9. The third kappa shape index (κ3) is 5.05. The summed E-state index contributed by atoms with van der Waals surface area (Å²) >= 11 is 12.2. The number of esters is 1. The smallest absolute Gasteiger partial charge is 0.335 e. The first kappa shape index (κ1) is 26.7. The van der Waals surface area contributed by atoms with Crippen LogP contribution in [0.2, 0.25) is 10.0 Å². The van der Waals surface area contributed by atoms with Gasteiger partial charge in [-0.2, -0.15) is 5.26 Å². The lowest BCUT2D eigenvalue weighted by Gasteiger charge is -2.18. The monoisotopic (exact) mass is 550 g/mol. The Balaban J connectivity index is 1.66. The lowest BCUT2D eigenvalue weighted by molar-refractivity contribution is -0.142. The number of rotatable bonds is 6. The van der Waals surface area contributed by atoms with Crippen LogP contribution >= 0.6 is 23.2 Å². The van der Waals surface area contributed by atoms with Gasteiger partial charge in [0.05, 0.1) is 50.9 Å². The number of ether oxygens (including phenoxy) is 1. The van der Waals surface area contributed by atoms with Crippen molar-refractivity contribution < 1.29 is 14.3 Å². The first-order valence-electron chi connectivity index (χ1n) is 11.2. The lowest BCUT2D eigenvalue weighted by atomic mass is 10.0. The van der Waals surface area contributed by atoms with Crippen LogP contribution in [0.1, 0.15) is 21.5 Å². The Morgan fingerprint density at radius 2 is 1.71 bits per heavy atom. The second-order valence-corrected chi connectivity index (χ2v) is 9.16. The van der Waals surface area contributed by atoms with Gasteiger partial charge in [-0.1, -0.05) is 41.4 Å². The van der Waals surface area contributed by atoms with Crippen molar-refractivity contribution in [1.29, 1.82) is 5.26 Å². The minimum absolute atomic E-state index is 0.0335. The maximum atomic E-state index is 13.2. The fourth-order valence-electron chi connectivity index (χ4n) is 4.05. The third-order valence-corrected chi connectivity index (χ3v) is 6.64. The maximum Gasteiger partial charge on any atom is 0.335 e. The Hall–Kier alpha value is -4.39. The van der Waals surface area contributed by atoms with Crippen molar-refractivity contribution in [3.63, 3.8) is 0 Å². The van der Waals surface area contributed by atoms with E-state index in [1.807, 2.05) is 6.07 Å². The van der Waals surface area contributed by atoms with Gasteiger partial charge in [-0.15, -0.1) is 0 Å². The first-order valence-corrected chi connectivity index (χ1v) is 12.0. The first-order chi connectivity index (χ1) is 18.2. The maximum absolute atomic E-state index is 13.2. The molecular weight excluding hydrogens is 531 g/mol. The van der Waals surface area contributed by atoms with Gasteiger partial charge in [-0.25, -0.2) is 14.2 Å². The summed E-state index contributed by atoms with van der Waals surface area (Å²) in [5, 5.41) is 12.3. The molecule has 0 unspecified atom stereocenters. The van der Waals surface area contributed by atoms with Gasteiger partial charge < -0.3 is 10.1 Å². The molecule has 0 saturated heterocycles. The van der Waals surface area contributed by atoms with Crippen LogP contribution in [0.25, 0.3) is 16.6 Å². The molecule has 1 aromatic heterocycles. The Morgan fingerprint density at radius 1 is 1.05 bits per heavy atom. The molecule has 1 N–H and O–H groups in total. The van der Waals surface area contributed by atoms with E-state index in [1.165, 1.54) is 43.0 Å². The van der Waals surface area contributed by atoms with E-state index in [4.69, 9.17) is 27.9 Å². The zero-order valence-corrected chi connectivity index (χ0v) is 21.7. The highest BCUT2D eigenvalue weighted by atomic mass is 35.5. The van der Waals surface area contributed by atoms with Crippen molar-refractivity contribution in [2.24, 2.45) is 7.05 Å². The minimum Gasteiger partial charge on any atom is -0.467 e. The highest BCUT2D eigenvalue weighted by molar-refractivity contribution is 6.39. The number of hydrogen-bond acceptors (Lipinski definition) is 6. The van der Waals surface area contributed by atoms with Gasteiger partial charge in [0, 0.05) is 13.5 Å². The number of carbonyl (C=O) groups is 2. The molecule has 0 aliphatic rings. The highest BCUT2D eigenvalue weighted by Gasteiger charge is 2.25. The Bertz CT molecular complexity index is 1720. The number of fused-ring (bicyclic) bond motifs is 1. The standard InChI is InChI=1S/C27H20Cl2N4O5/c1-32-22-11-8-16(14-30)12-18(22)25(35)33(27(32)37)17-9-6-15(7-10-17)13-21(26(36)38-2)31-24(34)23-19(28)4-3-5-20(23)29/h3-12,21H,13H2,1-2H3,(H,31,34)/t21-/m0/s1. The topological polar surface area (TPSA) is 123 Å². The summed E-state index contributed by atoms with van der Waals surface area (Å²) in [6, 6.07) is 16.4. The van der Waals surface area contributed by atoms with E-state index in [9.17, 15) is 24.4 Å². The third-order valence-electron chi connectivity index (χ3n) is 6.01. The number of nitrogens with one attached hydrogen (secondary N) is 1. The summed E-state index contributed by atoms with van der Waals surface area (Å²) in [5.41, 5.74) is 0.523. The lowest BCUT2D eigenvalue weighted by Crippen LogP contribution is -2.43. The van der Waals surface area contributed by atoms with E-state index < -0.39 is 29.2 Å². The molecule has 9 nitrogen and oxygen atoms in total. The number of amides is 1. The van der Waals surface area contributed by atoms with Crippen molar-refractivity contribution in [2.45, 2.75) is 12.5 Å². The molecule has 38 heavy (non-hydrogen) atoms. The van der Waals surface area contributed by atoms with Crippen LogP contribution in [-0.2, 0) is 23.0 Å². The van der Waals surface area contributed by atoms with Gasteiger partial charge in [0.2, 0.25) is 0 Å². The van der Waals surface area contributed by atoms with Crippen LogP contribution in [0.5, 0.6) is 0 Å². The molecule has 0 fully saturated rings. The van der Waals surface area contributed by atoms with Gasteiger partial charge >= 0.3 is 11.7 Å². The summed E-state index contributed by atoms with van der Waals surface area (Å²) in [5.74, 6) is -1.32. The van der Waals surface area contributed by atoms with Gasteiger partial charge in [-0.3, -0.25) is 14.2 Å². The summed E-state index contributed by atoms with van der Waals surface area (Å²) < 4.78 is 7.18. The number of hydrogen-bond donors (Lipinski definition) is 1. The van der Waals surface area contributed by atoms with E-state index in [0.29, 0.717) is 22.3 Å². The van der Waals surface area contributed by atoms with Crippen molar-refractivity contribution >= 4 is 46.0 Å². The molecule has 1 amide bonds. The fraction of sp³-hybridized carbons (Fsp3) is 0.148. The minimum atomic E-state index is -1.06. The predicted octanol–water partition coefficient (Wildman–Crippen LogP) is 3.38. The number of benzene rings is 3. The summed E-state index contributed by atoms with van der Waals surface area (Å²) in [7, 11) is 2.74. The molecule has 4 rings (SSSR count). The fourth-order valence-corrected chi connectivity index (χ4v) is 4.62. The van der Waals surface area contributed by atoms with E-state index in [-0.39, 0.29) is 27.4 Å². The average molecular weight is 551 g/mol. The van der Waals surface area contributed by atoms with E-state index in [1.54, 1.807) is 36.4 Å². The van der Waals surface area contributed by atoms with Crippen LogP contribution in [-0.4, -0.2) is 34.2 Å². The number of methoxy groups -OCH3 is 1. The SMILES string of the molecule is COC(=O)[C@H](Cc1ccc(-n2c(=O)c3cc(C#N)ccc3n(C)c2=O)cc1)NC(=O)c1c(Cl)cccc1Cl. The summed E-state index contributed by atoms with van der Waals surface area (Å²) in [6.07, 6.45) is 0.0525. The molecule has 0 aliphatic heterocycles. The van der Waals surface area contributed by atoms with Crippen LogP contribution in [0, 0.1) is 11.3 Å². The highest BCUT2D eigenvalue weighted by Crippen LogP contribution is 2.24. The van der Waals surface area contributed by atoms with Crippen LogP contribution in [0.3, 0.4) is 0 Å². The van der Waals surface area contributed by atoms with Crippen LogP contribution < -0.4 is 16.6 Å². The van der Waals surface area contributed by atoms with Gasteiger partial charge in [0.1, 0.15) is 6.04 Å². The predicted molar refractivity (Wildman–Crippen MR) is 143 cm³/mol. The molecule has 11 heteroatoms. The number of aromatic nitrogens is 2.